The van der Waals surface area contributed by atoms with Gasteiger partial charge in [-0.15, -0.1) is 0 Å². The van der Waals surface area contributed by atoms with E-state index < -0.39 is 0 Å². The topological polar surface area (TPSA) is 59.2 Å². The lowest BCUT2D eigenvalue weighted by Gasteiger charge is -1.98. The van der Waals surface area contributed by atoms with Gasteiger partial charge in [-0.1, -0.05) is 28.0 Å². The maximum absolute atomic E-state index is 9.67. The predicted octanol–water partition coefficient (Wildman–Crippen LogP) is 2.77. The number of nitrogens with zero attached hydrogens (tertiary/aromatic N) is 2. The highest BCUT2D eigenvalue weighted by molar-refractivity contribution is 9.10. The number of hydrogen-bond acceptors (Lipinski definition) is 4. The summed E-state index contributed by atoms with van der Waals surface area (Å²) in [4.78, 5) is 4.14. The van der Waals surface area contributed by atoms with Gasteiger partial charge in [0.15, 0.2) is 5.82 Å². The maximum atomic E-state index is 9.67. The fraction of sp³-hybridized carbons (Fsp3) is 0.200. The largest absolute Gasteiger partial charge is 0.507 e. The van der Waals surface area contributed by atoms with Crippen LogP contribution in [0.15, 0.2) is 27.2 Å². The molecule has 5 heteroatoms. The average molecular weight is 269 g/mol. The summed E-state index contributed by atoms with van der Waals surface area (Å²) in [7, 11) is 0. The zero-order valence-electron chi connectivity index (χ0n) is 8.07. The second-order valence-electron chi connectivity index (χ2n) is 3.03. The molecule has 1 aromatic carbocycles. The second kappa shape index (κ2) is 4.02. The van der Waals surface area contributed by atoms with Crippen LogP contribution in [0.25, 0.3) is 11.5 Å². The molecule has 1 heterocycles. The first-order valence-electron chi connectivity index (χ1n) is 4.52. The van der Waals surface area contributed by atoms with Crippen molar-refractivity contribution < 1.29 is 9.63 Å². The highest BCUT2D eigenvalue weighted by Gasteiger charge is 2.11. The third kappa shape index (κ3) is 2.02. The SMILES string of the molecule is CCc1noc(-c2ccc(Br)cc2O)n1. The monoisotopic (exact) mass is 268 g/mol. The van der Waals surface area contributed by atoms with E-state index in [1.54, 1.807) is 12.1 Å². The zero-order valence-corrected chi connectivity index (χ0v) is 9.65. The Morgan fingerprint density at radius 3 is 2.87 bits per heavy atom. The van der Waals surface area contributed by atoms with Crippen LogP contribution in [0.3, 0.4) is 0 Å². The quantitative estimate of drug-likeness (QED) is 0.910. The van der Waals surface area contributed by atoms with Gasteiger partial charge in [-0.2, -0.15) is 4.98 Å². The first kappa shape index (κ1) is 10.2. The number of phenolic OH excluding ortho intramolecular Hbond substituents is 1. The van der Waals surface area contributed by atoms with Crippen molar-refractivity contribution in [2.45, 2.75) is 13.3 Å². The van der Waals surface area contributed by atoms with E-state index in [2.05, 4.69) is 26.1 Å². The summed E-state index contributed by atoms with van der Waals surface area (Å²) in [6, 6.07) is 5.13. The molecule has 4 nitrogen and oxygen atoms in total. The lowest BCUT2D eigenvalue weighted by atomic mass is 10.2. The Kier molecular flexibility index (Phi) is 2.73. The number of aromatic hydroxyl groups is 1. The second-order valence-corrected chi connectivity index (χ2v) is 3.95. The molecular weight excluding hydrogens is 260 g/mol. The van der Waals surface area contributed by atoms with Crippen molar-refractivity contribution in [1.29, 1.82) is 0 Å². The summed E-state index contributed by atoms with van der Waals surface area (Å²) in [5.41, 5.74) is 0.547. The molecule has 78 valence electrons. The summed E-state index contributed by atoms with van der Waals surface area (Å²) < 4.78 is 5.83. The minimum absolute atomic E-state index is 0.121. The maximum Gasteiger partial charge on any atom is 0.261 e. The van der Waals surface area contributed by atoms with E-state index in [0.717, 1.165) is 4.47 Å². The van der Waals surface area contributed by atoms with E-state index in [1.807, 2.05) is 13.0 Å². The van der Waals surface area contributed by atoms with Crippen molar-refractivity contribution >= 4 is 15.9 Å². The molecule has 2 aromatic rings. The van der Waals surface area contributed by atoms with Gasteiger partial charge in [-0.05, 0) is 18.2 Å². The Morgan fingerprint density at radius 2 is 2.27 bits per heavy atom. The number of benzene rings is 1. The van der Waals surface area contributed by atoms with Gasteiger partial charge in [0.05, 0.1) is 5.56 Å². The fourth-order valence-electron chi connectivity index (χ4n) is 1.19. The summed E-state index contributed by atoms with van der Waals surface area (Å²) >= 11 is 3.26. The molecule has 0 saturated carbocycles. The van der Waals surface area contributed by atoms with E-state index in [0.29, 0.717) is 23.7 Å². The lowest BCUT2D eigenvalue weighted by molar-refractivity contribution is 0.418. The van der Waals surface area contributed by atoms with Crippen molar-refractivity contribution in [3.63, 3.8) is 0 Å². The van der Waals surface area contributed by atoms with Gasteiger partial charge >= 0.3 is 0 Å². The van der Waals surface area contributed by atoms with Gasteiger partial charge in [-0.25, -0.2) is 0 Å². The zero-order chi connectivity index (χ0) is 10.8. The molecule has 0 atom stereocenters. The third-order valence-electron chi connectivity index (χ3n) is 1.97. The van der Waals surface area contributed by atoms with Crippen molar-refractivity contribution in [2.75, 3.05) is 0 Å². The normalized spacial score (nSPS) is 10.5. The Bertz CT molecular complexity index is 482. The fourth-order valence-corrected chi connectivity index (χ4v) is 1.54. The molecule has 0 bridgehead atoms. The highest BCUT2D eigenvalue weighted by Crippen LogP contribution is 2.30. The summed E-state index contributed by atoms with van der Waals surface area (Å²) in [6.07, 6.45) is 0.709. The number of aromatic nitrogens is 2. The van der Waals surface area contributed by atoms with Crippen molar-refractivity contribution in [2.24, 2.45) is 0 Å². The predicted molar refractivity (Wildman–Crippen MR) is 58.5 cm³/mol. The highest BCUT2D eigenvalue weighted by atomic mass is 79.9. The number of aryl methyl sites for hydroxylation is 1. The summed E-state index contributed by atoms with van der Waals surface area (Å²) in [5.74, 6) is 1.10. The third-order valence-corrected chi connectivity index (χ3v) is 2.47. The van der Waals surface area contributed by atoms with E-state index in [9.17, 15) is 5.11 Å². The minimum atomic E-state index is 0.121. The van der Waals surface area contributed by atoms with Crippen LogP contribution in [0.2, 0.25) is 0 Å². The molecule has 0 fully saturated rings. The van der Waals surface area contributed by atoms with Crippen LogP contribution in [0.5, 0.6) is 5.75 Å². The van der Waals surface area contributed by atoms with Gasteiger partial charge < -0.3 is 9.63 Å². The molecule has 1 N–H and O–H groups in total. The lowest BCUT2D eigenvalue weighted by Crippen LogP contribution is -1.83. The molecular formula is C10H9BrN2O2. The molecule has 0 aliphatic carbocycles. The standard InChI is InChI=1S/C10H9BrN2O2/c1-2-9-12-10(15-13-9)7-4-3-6(11)5-8(7)14/h3-5,14H,2H2,1H3. The molecule has 0 spiro atoms. The van der Waals surface area contributed by atoms with Crippen LogP contribution in [-0.4, -0.2) is 15.2 Å². The number of rotatable bonds is 2. The van der Waals surface area contributed by atoms with Gasteiger partial charge in [0, 0.05) is 10.9 Å². The number of halogens is 1. The Balaban J connectivity index is 2.44. The van der Waals surface area contributed by atoms with Crippen molar-refractivity contribution in [3.05, 3.63) is 28.5 Å². The van der Waals surface area contributed by atoms with E-state index in [1.165, 1.54) is 0 Å². The molecule has 2 rings (SSSR count). The molecule has 0 amide bonds. The van der Waals surface area contributed by atoms with Crippen LogP contribution in [0.1, 0.15) is 12.7 Å². The van der Waals surface area contributed by atoms with Gasteiger partial charge in [-0.3, -0.25) is 0 Å². The van der Waals surface area contributed by atoms with Gasteiger partial charge in [0.25, 0.3) is 5.89 Å². The number of phenols is 1. The molecule has 0 saturated heterocycles. The van der Waals surface area contributed by atoms with Crippen molar-refractivity contribution in [3.8, 4) is 17.2 Å². The first-order valence-corrected chi connectivity index (χ1v) is 5.31. The van der Waals surface area contributed by atoms with E-state index in [4.69, 9.17) is 4.52 Å². The van der Waals surface area contributed by atoms with Crippen LogP contribution in [0, 0.1) is 0 Å². The van der Waals surface area contributed by atoms with Crippen molar-refractivity contribution in [1.82, 2.24) is 10.1 Å². The molecule has 0 aliphatic heterocycles. The Morgan fingerprint density at radius 1 is 1.47 bits per heavy atom. The molecule has 15 heavy (non-hydrogen) atoms. The first-order chi connectivity index (χ1) is 7.20. The smallest absolute Gasteiger partial charge is 0.261 e. The van der Waals surface area contributed by atoms with Crippen LogP contribution < -0.4 is 0 Å². The minimum Gasteiger partial charge on any atom is -0.507 e. The molecule has 0 unspecified atom stereocenters. The van der Waals surface area contributed by atoms with Gasteiger partial charge in [0.2, 0.25) is 0 Å². The Labute approximate surface area is 95.1 Å². The molecule has 0 aliphatic rings. The van der Waals surface area contributed by atoms with Crippen LogP contribution in [0.4, 0.5) is 0 Å². The average Bonchev–Trinajstić information content (AvgIpc) is 2.66. The van der Waals surface area contributed by atoms with E-state index in [-0.39, 0.29) is 5.75 Å². The summed E-state index contributed by atoms with van der Waals surface area (Å²) in [6.45, 7) is 1.94. The summed E-state index contributed by atoms with van der Waals surface area (Å²) in [5, 5.41) is 13.4. The molecule has 1 aromatic heterocycles. The Hall–Kier alpha value is -1.36. The van der Waals surface area contributed by atoms with Crippen LogP contribution in [-0.2, 0) is 6.42 Å². The molecule has 0 radical (unpaired) electrons. The van der Waals surface area contributed by atoms with E-state index >= 15 is 0 Å². The number of hydrogen-bond donors (Lipinski definition) is 1. The van der Waals surface area contributed by atoms with Crippen LogP contribution >= 0.6 is 15.9 Å². The van der Waals surface area contributed by atoms with Gasteiger partial charge in [0.1, 0.15) is 5.75 Å².